The quantitative estimate of drug-likeness (QED) is 0.410. The second-order valence-corrected chi connectivity index (χ2v) is 6.20. The van der Waals surface area contributed by atoms with Gasteiger partial charge in [-0.2, -0.15) is 0 Å². The Kier molecular flexibility index (Phi) is 7.08. The molecular formula is C20H23N3O5. The summed E-state index contributed by atoms with van der Waals surface area (Å²) in [5, 5.41) is 16.4. The maximum Gasteiger partial charge on any atom is 0.341 e. The fraction of sp³-hybridized carbons (Fsp3) is 0.300. The SMILES string of the molecule is CCc1ccc([C@@H](C)NC(=O)COC(=O)c2cc([N+](=O)[O-])ccc2NC)cc1. The molecule has 0 heterocycles. The number of nitrogens with zero attached hydrogens (tertiary/aromatic N) is 1. The Bertz CT molecular complexity index is 865. The summed E-state index contributed by atoms with van der Waals surface area (Å²) in [5.41, 5.74) is 2.27. The van der Waals surface area contributed by atoms with Gasteiger partial charge in [0.1, 0.15) is 0 Å². The first-order valence-corrected chi connectivity index (χ1v) is 8.87. The summed E-state index contributed by atoms with van der Waals surface area (Å²) in [6.45, 7) is 3.41. The smallest absolute Gasteiger partial charge is 0.341 e. The van der Waals surface area contributed by atoms with Crippen LogP contribution in [-0.4, -0.2) is 30.5 Å². The number of aryl methyl sites for hydroxylation is 1. The molecule has 0 radical (unpaired) electrons. The van der Waals surface area contributed by atoms with E-state index in [4.69, 9.17) is 4.74 Å². The van der Waals surface area contributed by atoms with Crippen LogP contribution in [0.5, 0.6) is 0 Å². The molecule has 148 valence electrons. The number of benzene rings is 2. The van der Waals surface area contributed by atoms with E-state index in [9.17, 15) is 19.7 Å². The summed E-state index contributed by atoms with van der Waals surface area (Å²) in [4.78, 5) is 34.7. The summed E-state index contributed by atoms with van der Waals surface area (Å²) in [6, 6.07) is 11.4. The molecule has 0 bridgehead atoms. The van der Waals surface area contributed by atoms with Gasteiger partial charge in [0.2, 0.25) is 0 Å². The topological polar surface area (TPSA) is 111 Å². The Hall–Kier alpha value is -3.42. The first-order valence-electron chi connectivity index (χ1n) is 8.87. The summed E-state index contributed by atoms with van der Waals surface area (Å²) in [5.74, 6) is -1.28. The van der Waals surface area contributed by atoms with Crippen LogP contribution in [0, 0.1) is 10.1 Å². The molecule has 0 aliphatic heterocycles. The predicted octanol–water partition coefficient (Wildman–Crippen LogP) is 3.23. The summed E-state index contributed by atoms with van der Waals surface area (Å²) < 4.78 is 5.03. The van der Waals surface area contributed by atoms with Gasteiger partial charge >= 0.3 is 5.97 Å². The third-order valence-corrected chi connectivity index (χ3v) is 4.30. The molecule has 8 nitrogen and oxygen atoms in total. The number of nitro benzene ring substituents is 1. The summed E-state index contributed by atoms with van der Waals surface area (Å²) >= 11 is 0. The van der Waals surface area contributed by atoms with Gasteiger partial charge in [0.05, 0.1) is 16.5 Å². The number of hydrogen-bond acceptors (Lipinski definition) is 6. The highest BCUT2D eigenvalue weighted by atomic mass is 16.6. The van der Waals surface area contributed by atoms with Crippen molar-refractivity contribution in [1.29, 1.82) is 0 Å². The Labute approximate surface area is 163 Å². The lowest BCUT2D eigenvalue weighted by Crippen LogP contribution is -2.31. The number of hydrogen-bond donors (Lipinski definition) is 2. The molecule has 0 aromatic heterocycles. The number of carbonyl (C=O) groups excluding carboxylic acids is 2. The van der Waals surface area contributed by atoms with Crippen LogP contribution in [0.25, 0.3) is 0 Å². The highest BCUT2D eigenvalue weighted by molar-refractivity contribution is 5.97. The number of nitro groups is 1. The minimum absolute atomic E-state index is 0.00676. The highest BCUT2D eigenvalue weighted by Crippen LogP contribution is 2.22. The van der Waals surface area contributed by atoms with Gasteiger partial charge in [-0.1, -0.05) is 31.2 Å². The van der Waals surface area contributed by atoms with E-state index in [1.54, 1.807) is 7.05 Å². The zero-order valence-corrected chi connectivity index (χ0v) is 16.0. The number of amides is 1. The van der Waals surface area contributed by atoms with Crippen LogP contribution in [0.4, 0.5) is 11.4 Å². The van der Waals surface area contributed by atoms with Gasteiger partial charge < -0.3 is 15.4 Å². The van der Waals surface area contributed by atoms with E-state index in [2.05, 4.69) is 17.6 Å². The van der Waals surface area contributed by atoms with Crippen LogP contribution < -0.4 is 10.6 Å². The molecular weight excluding hydrogens is 362 g/mol. The number of esters is 1. The maximum absolute atomic E-state index is 12.3. The molecule has 0 aliphatic carbocycles. The van der Waals surface area contributed by atoms with Crippen LogP contribution in [0.3, 0.4) is 0 Å². The number of anilines is 1. The molecule has 28 heavy (non-hydrogen) atoms. The number of nitrogens with one attached hydrogen (secondary N) is 2. The molecule has 1 amide bonds. The molecule has 8 heteroatoms. The zero-order valence-electron chi connectivity index (χ0n) is 16.0. The molecule has 0 saturated carbocycles. The summed E-state index contributed by atoms with van der Waals surface area (Å²) in [6.07, 6.45) is 0.934. The van der Waals surface area contributed by atoms with Crippen LogP contribution in [-0.2, 0) is 16.0 Å². The lowest BCUT2D eigenvalue weighted by molar-refractivity contribution is -0.384. The molecule has 0 aliphatic rings. The van der Waals surface area contributed by atoms with Crippen LogP contribution in [0.2, 0.25) is 0 Å². The Morgan fingerprint density at radius 3 is 2.43 bits per heavy atom. The average Bonchev–Trinajstić information content (AvgIpc) is 2.71. The van der Waals surface area contributed by atoms with E-state index in [1.807, 2.05) is 31.2 Å². The lowest BCUT2D eigenvalue weighted by atomic mass is 10.1. The number of ether oxygens (including phenoxy) is 1. The average molecular weight is 385 g/mol. The Morgan fingerprint density at radius 1 is 1.18 bits per heavy atom. The standard InChI is InChI=1S/C20H23N3O5/c1-4-14-5-7-15(8-6-14)13(2)22-19(24)12-28-20(25)17-11-16(23(26)27)9-10-18(17)21-3/h5-11,13,21H,4,12H2,1-3H3,(H,22,24)/t13-/m1/s1. The van der Waals surface area contributed by atoms with Gasteiger partial charge in [-0.15, -0.1) is 0 Å². The van der Waals surface area contributed by atoms with Crippen molar-refractivity contribution in [3.8, 4) is 0 Å². The summed E-state index contributed by atoms with van der Waals surface area (Å²) in [7, 11) is 1.58. The number of carbonyl (C=O) groups is 2. The van der Waals surface area contributed by atoms with Gasteiger partial charge in [-0.25, -0.2) is 4.79 Å². The largest absolute Gasteiger partial charge is 0.452 e. The number of rotatable bonds is 8. The third-order valence-electron chi connectivity index (χ3n) is 4.30. The molecule has 0 spiro atoms. The van der Waals surface area contributed by atoms with Crippen molar-refractivity contribution in [1.82, 2.24) is 5.32 Å². The second kappa shape index (κ2) is 9.50. The van der Waals surface area contributed by atoms with Crippen molar-refractivity contribution in [3.63, 3.8) is 0 Å². The van der Waals surface area contributed by atoms with Crippen LogP contribution >= 0.6 is 0 Å². The molecule has 0 fully saturated rings. The van der Waals surface area contributed by atoms with E-state index < -0.39 is 23.4 Å². The van der Waals surface area contributed by atoms with Gasteiger partial charge in [0, 0.05) is 24.9 Å². The van der Waals surface area contributed by atoms with E-state index in [1.165, 1.54) is 17.7 Å². The highest BCUT2D eigenvalue weighted by Gasteiger charge is 2.19. The third kappa shape index (κ3) is 5.29. The minimum Gasteiger partial charge on any atom is -0.452 e. The fourth-order valence-electron chi connectivity index (χ4n) is 2.65. The molecule has 2 rings (SSSR count). The van der Waals surface area contributed by atoms with E-state index in [0.29, 0.717) is 5.69 Å². The predicted molar refractivity (Wildman–Crippen MR) is 105 cm³/mol. The second-order valence-electron chi connectivity index (χ2n) is 6.20. The van der Waals surface area contributed by atoms with Gasteiger partial charge in [-0.3, -0.25) is 14.9 Å². The molecule has 2 N–H and O–H groups in total. The fourth-order valence-corrected chi connectivity index (χ4v) is 2.65. The van der Waals surface area contributed by atoms with Crippen LogP contribution in [0.1, 0.15) is 41.4 Å². The minimum atomic E-state index is -0.817. The zero-order chi connectivity index (χ0) is 20.7. The van der Waals surface area contributed by atoms with Crippen molar-refractivity contribution in [2.24, 2.45) is 0 Å². The van der Waals surface area contributed by atoms with Crippen molar-refractivity contribution in [2.45, 2.75) is 26.3 Å². The van der Waals surface area contributed by atoms with Crippen molar-refractivity contribution >= 4 is 23.3 Å². The Balaban J connectivity index is 1.97. The molecule has 0 unspecified atom stereocenters. The maximum atomic E-state index is 12.3. The van der Waals surface area contributed by atoms with Gasteiger partial charge in [-0.05, 0) is 30.5 Å². The molecule has 1 atom stereocenters. The van der Waals surface area contributed by atoms with Crippen molar-refractivity contribution in [2.75, 3.05) is 19.0 Å². The molecule has 2 aromatic rings. The van der Waals surface area contributed by atoms with E-state index >= 15 is 0 Å². The first kappa shape index (κ1) is 20.9. The Morgan fingerprint density at radius 2 is 1.86 bits per heavy atom. The van der Waals surface area contributed by atoms with Gasteiger partial charge in [0.25, 0.3) is 11.6 Å². The number of non-ortho nitro benzene ring substituents is 1. The molecule has 0 saturated heterocycles. The first-order chi connectivity index (χ1) is 13.3. The van der Waals surface area contributed by atoms with E-state index in [0.717, 1.165) is 18.1 Å². The lowest BCUT2D eigenvalue weighted by Gasteiger charge is -2.15. The van der Waals surface area contributed by atoms with Gasteiger partial charge in [0.15, 0.2) is 6.61 Å². The van der Waals surface area contributed by atoms with Crippen molar-refractivity contribution in [3.05, 3.63) is 69.3 Å². The molecule has 2 aromatic carbocycles. The van der Waals surface area contributed by atoms with Crippen molar-refractivity contribution < 1.29 is 19.2 Å². The van der Waals surface area contributed by atoms with E-state index in [-0.39, 0.29) is 17.3 Å². The monoisotopic (exact) mass is 385 g/mol. The van der Waals surface area contributed by atoms with Crippen LogP contribution in [0.15, 0.2) is 42.5 Å². The normalized spacial score (nSPS) is 11.4.